The largest absolute Gasteiger partial charge is 0.365 e. The van der Waals surface area contributed by atoms with Crippen LogP contribution < -0.4 is 10.6 Å². The number of anilines is 2. The van der Waals surface area contributed by atoms with Crippen molar-refractivity contribution in [3.8, 4) is 0 Å². The van der Waals surface area contributed by atoms with Gasteiger partial charge in [-0.2, -0.15) is 16.7 Å². The first kappa shape index (κ1) is 12.4. The van der Waals surface area contributed by atoms with Gasteiger partial charge in [0.05, 0.1) is 6.20 Å². The summed E-state index contributed by atoms with van der Waals surface area (Å²) in [5.41, 5.74) is 0. The number of nitrogens with zero attached hydrogens (tertiary/aromatic N) is 2. The summed E-state index contributed by atoms with van der Waals surface area (Å²) in [7, 11) is 0. The van der Waals surface area contributed by atoms with Crippen LogP contribution in [0.2, 0.25) is 0 Å². The topological polar surface area (TPSA) is 49.8 Å². The molecule has 0 radical (unpaired) electrons. The lowest BCUT2D eigenvalue weighted by Gasteiger charge is -2.23. The van der Waals surface area contributed by atoms with E-state index in [0.29, 0.717) is 17.8 Å². The third-order valence-corrected chi connectivity index (χ3v) is 3.69. The first-order chi connectivity index (χ1) is 8.29. The fourth-order valence-electron chi connectivity index (χ4n) is 1.75. The van der Waals surface area contributed by atoms with E-state index in [1.54, 1.807) is 0 Å². The molecule has 0 bridgehead atoms. The minimum Gasteiger partial charge on any atom is -0.365 e. The van der Waals surface area contributed by atoms with Crippen LogP contribution in [0.15, 0.2) is 6.20 Å². The molecule has 0 saturated carbocycles. The van der Waals surface area contributed by atoms with Crippen LogP contribution in [0.1, 0.15) is 19.8 Å². The van der Waals surface area contributed by atoms with E-state index in [1.807, 2.05) is 18.7 Å². The lowest BCUT2D eigenvalue weighted by atomic mass is 10.1. The van der Waals surface area contributed by atoms with Gasteiger partial charge in [0.1, 0.15) is 0 Å². The molecule has 0 spiro atoms. The summed E-state index contributed by atoms with van der Waals surface area (Å²) in [4.78, 5) is 8.02. The zero-order valence-corrected chi connectivity index (χ0v) is 10.7. The molecule has 1 aromatic rings. The molecule has 1 aromatic heterocycles. The van der Waals surface area contributed by atoms with Crippen LogP contribution in [0.3, 0.4) is 0 Å². The Hall–Kier alpha value is -1.04. The van der Waals surface area contributed by atoms with Gasteiger partial charge in [0.2, 0.25) is 5.95 Å². The summed E-state index contributed by atoms with van der Waals surface area (Å²) < 4.78 is 13.5. The summed E-state index contributed by atoms with van der Waals surface area (Å²) in [6.07, 6.45) is 3.33. The standard InChI is InChI=1S/C11H17FN4S/c1-2-13-11-14-7-9(12)10(16-11)15-8-3-5-17-6-4-8/h7-8H,2-6H2,1H3,(H2,13,14,15,16). The Morgan fingerprint density at radius 2 is 2.24 bits per heavy atom. The predicted molar refractivity (Wildman–Crippen MR) is 70.1 cm³/mol. The molecule has 0 amide bonds. The monoisotopic (exact) mass is 256 g/mol. The number of hydrogen-bond donors (Lipinski definition) is 2. The number of thioether (sulfide) groups is 1. The Morgan fingerprint density at radius 3 is 2.94 bits per heavy atom. The lowest BCUT2D eigenvalue weighted by molar-refractivity contribution is 0.601. The minimum absolute atomic E-state index is 0.313. The second kappa shape index (κ2) is 6.05. The smallest absolute Gasteiger partial charge is 0.224 e. The summed E-state index contributed by atoms with van der Waals surface area (Å²) in [6.45, 7) is 2.68. The number of aromatic nitrogens is 2. The zero-order valence-electron chi connectivity index (χ0n) is 9.87. The van der Waals surface area contributed by atoms with Gasteiger partial charge in [-0.1, -0.05) is 0 Å². The maximum atomic E-state index is 13.5. The summed E-state index contributed by atoms with van der Waals surface area (Å²) in [5.74, 6) is 2.66. The average Bonchev–Trinajstić information content (AvgIpc) is 2.35. The van der Waals surface area contributed by atoms with Gasteiger partial charge in [0.25, 0.3) is 0 Å². The van der Waals surface area contributed by atoms with Crippen molar-refractivity contribution in [3.05, 3.63) is 12.0 Å². The van der Waals surface area contributed by atoms with Gasteiger partial charge in [0, 0.05) is 12.6 Å². The Balaban J connectivity index is 2.04. The van der Waals surface area contributed by atoms with Crippen molar-refractivity contribution in [2.75, 3.05) is 28.7 Å². The fourth-order valence-corrected chi connectivity index (χ4v) is 2.85. The van der Waals surface area contributed by atoms with E-state index in [-0.39, 0.29) is 5.82 Å². The van der Waals surface area contributed by atoms with Crippen LogP contribution >= 0.6 is 11.8 Å². The SMILES string of the molecule is CCNc1ncc(F)c(NC2CCSCC2)n1. The van der Waals surface area contributed by atoms with Crippen LogP contribution in [-0.4, -0.2) is 34.1 Å². The molecule has 17 heavy (non-hydrogen) atoms. The second-order valence-corrected chi connectivity index (χ2v) is 5.18. The van der Waals surface area contributed by atoms with Gasteiger partial charge in [-0.3, -0.25) is 0 Å². The van der Waals surface area contributed by atoms with Gasteiger partial charge in [-0.15, -0.1) is 0 Å². The molecule has 2 rings (SSSR count). The molecule has 1 saturated heterocycles. The van der Waals surface area contributed by atoms with Gasteiger partial charge in [-0.05, 0) is 31.3 Å². The Labute approximate surface area is 105 Å². The van der Waals surface area contributed by atoms with Crippen molar-refractivity contribution >= 4 is 23.5 Å². The lowest BCUT2D eigenvalue weighted by Crippen LogP contribution is -2.25. The number of halogens is 1. The quantitative estimate of drug-likeness (QED) is 0.866. The molecular weight excluding hydrogens is 239 g/mol. The van der Waals surface area contributed by atoms with E-state index in [2.05, 4.69) is 20.6 Å². The van der Waals surface area contributed by atoms with Crippen LogP contribution in [0, 0.1) is 5.82 Å². The first-order valence-corrected chi connectivity index (χ1v) is 7.05. The van der Waals surface area contributed by atoms with Crippen molar-refractivity contribution in [1.82, 2.24) is 9.97 Å². The minimum atomic E-state index is -0.384. The fraction of sp³-hybridized carbons (Fsp3) is 0.636. The highest BCUT2D eigenvalue weighted by Gasteiger charge is 2.16. The van der Waals surface area contributed by atoms with Crippen LogP contribution in [0.4, 0.5) is 16.2 Å². The summed E-state index contributed by atoms with van der Waals surface area (Å²) >= 11 is 1.95. The average molecular weight is 256 g/mol. The zero-order chi connectivity index (χ0) is 12.1. The number of hydrogen-bond acceptors (Lipinski definition) is 5. The third-order valence-electron chi connectivity index (χ3n) is 2.64. The molecule has 1 aliphatic heterocycles. The Morgan fingerprint density at radius 1 is 1.47 bits per heavy atom. The number of rotatable bonds is 4. The number of nitrogens with one attached hydrogen (secondary N) is 2. The van der Waals surface area contributed by atoms with Crippen molar-refractivity contribution < 1.29 is 4.39 Å². The van der Waals surface area contributed by atoms with E-state index in [4.69, 9.17) is 0 Å². The molecule has 4 nitrogen and oxygen atoms in total. The Bertz CT molecular complexity index is 368. The van der Waals surface area contributed by atoms with Crippen molar-refractivity contribution in [3.63, 3.8) is 0 Å². The van der Waals surface area contributed by atoms with E-state index < -0.39 is 0 Å². The molecule has 0 aliphatic carbocycles. The molecule has 94 valence electrons. The van der Waals surface area contributed by atoms with Crippen LogP contribution in [0.5, 0.6) is 0 Å². The Kier molecular flexibility index (Phi) is 4.42. The second-order valence-electron chi connectivity index (χ2n) is 3.95. The van der Waals surface area contributed by atoms with Gasteiger partial charge in [-0.25, -0.2) is 9.37 Å². The molecule has 0 aromatic carbocycles. The first-order valence-electron chi connectivity index (χ1n) is 5.90. The van der Waals surface area contributed by atoms with Gasteiger partial charge < -0.3 is 10.6 Å². The molecule has 1 aliphatic rings. The highest BCUT2D eigenvalue weighted by molar-refractivity contribution is 7.99. The van der Waals surface area contributed by atoms with E-state index in [1.165, 1.54) is 6.20 Å². The van der Waals surface area contributed by atoms with Crippen LogP contribution in [0.25, 0.3) is 0 Å². The highest BCUT2D eigenvalue weighted by Crippen LogP contribution is 2.21. The summed E-state index contributed by atoms with van der Waals surface area (Å²) in [6, 6.07) is 0.329. The molecule has 0 atom stereocenters. The molecule has 2 heterocycles. The maximum absolute atomic E-state index is 13.5. The van der Waals surface area contributed by atoms with Crippen molar-refractivity contribution in [2.24, 2.45) is 0 Å². The van der Waals surface area contributed by atoms with Crippen LogP contribution in [-0.2, 0) is 0 Å². The van der Waals surface area contributed by atoms with Crippen molar-refractivity contribution in [2.45, 2.75) is 25.8 Å². The molecule has 2 N–H and O–H groups in total. The van der Waals surface area contributed by atoms with E-state index in [9.17, 15) is 4.39 Å². The third kappa shape index (κ3) is 3.46. The predicted octanol–water partition coefficient (Wildman–Crippen LogP) is 2.36. The highest BCUT2D eigenvalue weighted by atomic mass is 32.2. The van der Waals surface area contributed by atoms with E-state index >= 15 is 0 Å². The molecular formula is C11H17FN4S. The molecule has 1 fully saturated rings. The normalized spacial score (nSPS) is 16.8. The molecule has 6 heteroatoms. The van der Waals surface area contributed by atoms with Crippen molar-refractivity contribution in [1.29, 1.82) is 0 Å². The van der Waals surface area contributed by atoms with Gasteiger partial charge in [0.15, 0.2) is 11.6 Å². The van der Waals surface area contributed by atoms with Gasteiger partial charge >= 0.3 is 0 Å². The van der Waals surface area contributed by atoms with E-state index in [0.717, 1.165) is 30.9 Å². The summed E-state index contributed by atoms with van der Waals surface area (Å²) in [5, 5.41) is 6.15. The molecule has 0 unspecified atom stereocenters. The maximum Gasteiger partial charge on any atom is 0.224 e.